The highest BCUT2D eigenvalue weighted by molar-refractivity contribution is 6.30. The van der Waals surface area contributed by atoms with Crippen LogP contribution in [0.4, 0.5) is 5.88 Å². The van der Waals surface area contributed by atoms with Gasteiger partial charge in [0, 0.05) is 27.3 Å². The van der Waals surface area contributed by atoms with Crippen LogP contribution in [-0.4, -0.2) is 17.1 Å². The van der Waals surface area contributed by atoms with Crippen LogP contribution in [0.3, 0.4) is 0 Å². The van der Waals surface area contributed by atoms with E-state index in [0.29, 0.717) is 27.5 Å². The van der Waals surface area contributed by atoms with Crippen LogP contribution < -0.4 is 5.32 Å². The third-order valence-electron chi connectivity index (χ3n) is 5.03. The maximum absolute atomic E-state index is 13.8. The second kappa shape index (κ2) is 9.08. The zero-order chi connectivity index (χ0) is 23.6. The summed E-state index contributed by atoms with van der Waals surface area (Å²) in [6, 6.07) is 24.8. The molecule has 1 aromatic heterocycles. The summed E-state index contributed by atoms with van der Waals surface area (Å²) in [5.74, 6) is 0.0169. The summed E-state index contributed by atoms with van der Waals surface area (Å²) in [6.07, 6.45) is 0. The Morgan fingerprint density at radius 3 is 1.70 bits per heavy atom. The first-order chi connectivity index (χ1) is 15.7. The Balaban J connectivity index is 2.01. The fourth-order valence-corrected chi connectivity index (χ4v) is 3.69. The van der Waals surface area contributed by atoms with Gasteiger partial charge in [-0.3, -0.25) is 9.59 Å². The van der Waals surface area contributed by atoms with E-state index in [-0.39, 0.29) is 28.6 Å². The lowest BCUT2D eigenvalue weighted by Gasteiger charge is -2.20. The Labute approximate surface area is 198 Å². The standard InChI is InChI=1S/C28H24ClNO3/c1-28(2,3)30-27-23(25(32)19-12-8-5-9-13-19)22(24(31)18-10-6-4-7-11-18)26(33-27)20-14-16-21(29)17-15-20/h4-17,30H,1-3H3. The second-order valence-corrected chi connectivity index (χ2v) is 9.22. The van der Waals surface area contributed by atoms with E-state index in [9.17, 15) is 9.59 Å². The summed E-state index contributed by atoms with van der Waals surface area (Å²) in [5.41, 5.74) is 1.63. The number of furan rings is 1. The minimum absolute atomic E-state index is 0.218. The molecule has 0 saturated heterocycles. The molecule has 1 N–H and O–H groups in total. The number of rotatable bonds is 6. The molecule has 0 atom stereocenters. The molecule has 5 heteroatoms. The molecule has 4 aromatic rings. The number of carbonyl (C=O) groups excluding carboxylic acids is 2. The Morgan fingerprint density at radius 2 is 1.21 bits per heavy atom. The quantitative estimate of drug-likeness (QED) is 0.309. The van der Waals surface area contributed by atoms with Crippen molar-refractivity contribution >= 4 is 29.1 Å². The van der Waals surface area contributed by atoms with E-state index < -0.39 is 5.54 Å². The zero-order valence-electron chi connectivity index (χ0n) is 18.7. The summed E-state index contributed by atoms with van der Waals surface area (Å²) in [6.45, 7) is 5.90. The molecule has 4 rings (SSSR count). The first-order valence-corrected chi connectivity index (χ1v) is 11.0. The molecule has 33 heavy (non-hydrogen) atoms. The SMILES string of the molecule is CC(C)(C)Nc1oc(-c2ccc(Cl)cc2)c(C(=O)c2ccccc2)c1C(=O)c1ccccc1. The highest BCUT2D eigenvalue weighted by atomic mass is 35.5. The predicted molar refractivity (Wildman–Crippen MR) is 132 cm³/mol. The van der Waals surface area contributed by atoms with Crippen molar-refractivity contribution in [2.45, 2.75) is 26.3 Å². The van der Waals surface area contributed by atoms with E-state index in [4.69, 9.17) is 16.0 Å². The highest BCUT2D eigenvalue weighted by Crippen LogP contribution is 2.39. The van der Waals surface area contributed by atoms with Gasteiger partial charge >= 0.3 is 0 Å². The fraction of sp³-hybridized carbons (Fsp3) is 0.143. The number of halogens is 1. The largest absolute Gasteiger partial charge is 0.439 e. The van der Waals surface area contributed by atoms with Crippen LogP contribution in [-0.2, 0) is 0 Å². The second-order valence-electron chi connectivity index (χ2n) is 8.78. The maximum Gasteiger partial charge on any atom is 0.206 e. The maximum atomic E-state index is 13.8. The topological polar surface area (TPSA) is 59.3 Å². The number of benzene rings is 3. The Hall–Kier alpha value is -3.63. The van der Waals surface area contributed by atoms with Gasteiger partial charge in [-0.2, -0.15) is 0 Å². The molecular weight excluding hydrogens is 434 g/mol. The molecule has 0 bridgehead atoms. The normalized spacial score (nSPS) is 11.3. The molecule has 0 fully saturated rings. The molecule has 0 amide bonds. The molecule has 0 unspecified atom stereocenters. The van der Waals surface area contributed by atoms with Crippen molar-refractivity contribution in [1.29, 1.82) is 0 Å². The van der Waals surface area contributed by atoms with E-state index in [0.717, 1.165) is 0 Å². The first-order valence-electron chi connectivity index (χ1n) is 10.6. The van der Waals surface area contributed by atoms with Gasteiger partial charge in [0.1, 0.15) is 5.76 Å². The third kappa shape index (κ3) is 4.91. The lowest BCUT2D eigenvalue weighted by Crippen LogP contribution is -2.27. The van der Waals surface area contributed by atoms with Gasteiger partial charge in [-0.25, -0.2) is 0 Å². The van der Waals surface area contributed by atoms with Gasteiger partial charge in [-0.1, -0.05) is 72.3 Å². The molecule has 166 valence electrons. The van der Waals surface area contributed by atoms with Crippen LogP contribution >= 0.6 is 11.6 Å². The molecule has 0 radical (unpaired) electrons. The van der Waals surface area contributed by atoms with Crippen molar-refractivity contribution in [1.82, 2.24) is 0 Å². The third-order valence-corrected chi connectivity index (χ3v) is 5.28. The van der Waals surface area contributed by atoms with Crippen LogP contribution in [0.15, 0.2) is 89.3 Å². The van der Waals surface area contributed by atoms with Gasteiger partial charge in [0.15, 0.2) is 11.6 Å². The Morgan fingerprint density at radius 1 is 0.727 bits per heavy atom. The minimum Gasteiger partial charge on any atom is -0.439 e. The van der Waals surface area contributed by atoms with Crippen molar-refractivity contribution in [3.63, 3.8) is 0 Å². The van der Waals surface area contributed by atoms with Crippen molar-refractivity contribution < 1.29 is 14.0 Å². The van der Waals surface area contributed by atoms with Crippen molar-refractivity contribution in [3.05, 3.63) is 112 Å². The lowest BCUT2D eigenvalue weighted by molar-refractivity contribution is 0.100. The van der Waals surface area contributed by atoms with Crippen molar-refractivity contribution in [2.75, 3.05) is 5.32 Å². The number of hydrogen-bond acceptors (Lipinski definition) is 4. The Kier molecular flexibility index (Phi) is 6.21. The molecule has 4 nitrogen and oxygen atoms in total. The van der Waals surface area contributed by atoms with E-state index in [2.05, 4.69) is 5.32 Å². The molecule has 0 aliphatic heterocycles. The Bertz CT molecular complexity index is 1280. The number of carbonyl (C=O) groups is 2. The predicted octanol–water partition coefficient (Wildman–Crippen LogP) is 7.27. The highest BCUT2D eigenvalue weighted by Gasteiger charge is 2.33. The van der Waals surface area contributed by atoms with Crippen LogP contribution in [0.5, 0.6) is 0 Å². The summed E-state index contributed by atoms with van der Waals surface area (Å²) in [4.78, 5) is 27.5. The molecule has 0 aliphatic rings. The fourth-order valence-electron chi connectivity index (χ4n) is 3.57. The number of anilines is 1. The minimum atomic E-state index is -0.409. The van der Waals surface area contributed by atoms with Crippen molar-refractivity contribution in [2.24, 2.45) is 0 Å². The van der Waals surface area contributed by atoms with E-state index in [1.165, 1.54) is 0 Å². The van der Waals surface area contributed by atoms with E-state index in [1.54, 1.807) is 72.8 Å². The average molecular weight is 458 g/mol. The monoisotopic (exact) mass is 457 g/mol. The van der Waals surface area contributed by atoms with Gasteiger partial charge in [0.2, 0.25) is 5.88 Å². The van der Waals surface area contributed by atoms with Gasteiger partial charge in [0.25, 0.3) is 0 Å². The summed E-state index contributed by atoms with van der Waals surface area (Å²) in [5, 5.41) is 3.85. The number of hydrogen-bond donors (Lipinski definition) is 1. The molecule has 3 aromatic carbocycles. The lowest BCUT2D eigenvalue weighted by atomic mass is 9.92. The number of nitrogens with one attached hydrogen (secondary N) is 1. The molecule has 0 spiro atoms. The van der Waals surface area contributed by atoms with Gasteiger partial charge in [0.05, 0.1) is 11.1 Å². The summed E-state index contributed by atoms with van der Waals surface area (Å²) in [7, 11) is 0. The van der Waals surface area contributed by atoms with Crippen LogP contribution in [0.2, 0.25) is 5.02 Å². The zero-order valence-corrected chi connectivity index (χ0v) is 19.4. The van der Waals surface area contributed by atoms with E-state index >= 15 is 0 Å². The van der Waals surface area contributed by atoms with E-state index in [1.807, 2.05) is 32.9 Å². The van der Waals surface area contributed by atoms with Crippen LogP contribution in [0.1, 0.15) is 52.6 Å². The average Bonchev–Trinajstić information content (AvgIpc) is 3.17. The smallest absolute Gasteiger partial charge is 0.206 e. The van der Waals surface area contributed by atoms with Crippen molar-refractivity contribution in [3.8, 4) is 11.3 Å². The molecule has 0 aliphatic carbocycles. The summed E-state index contributed by atoms with van der Waals surface area (Å²) < 4.78 is 6.24. The molecule has 0 saturated carbocycles. The van der Waals surface area contributed by atoms with Gasteiger partial charge in [-0.15, -0.1) is 0 Å². The number of ketones is 2. The summed E-state index contributed by atoms with van der Waals surface area (Å²) >= 11 is 6.09. The molecular formula is C28H24ClNO3. The van der Waals surface area contributed by atoms with Crippen LogP contribution in [0, 0.1) is 0 Å². The van der Waals surface area contributed by atoms with Gasteiger partial charge < -0.3 is 9.73 Å². The molecule has 1 heterocycles. The van der Waals surface area contributed by atoms with Crippen LogP contribution in [0.25, 0.3) is 11.3 Å². The first kappa shape index (κ1) is 22.6. The van der Waals surface area contributed by atoms with Gasteiger partial charge in [-0.05, 0) is 45.0 Å².